The second-order valence-electron chi connectivity index (χ2n) is 4.72. The van der Waals surface area contributed by atoms with Gasteiger partial charge in [-0.2, -0.15) is 15.4 Å². The van der Waals surface area contributed by atoms with E-state index >= 15 is 0 Å². The zero-order valence-corrected chi connectivity index (χ0v) is 12.4. The van der Waals surface area contributed by atoms with Crippen molar-refractivity contribution < 1.29 is 9.18 Å². The second-order valence-corrected chi connectivity index (χ2v) is 5.58. The van der Waals surface area contributed by atoms with Gasteiger partial charge in [0.2, 0.25) is 0 Å². The highest BCUT2D eigenvalue weighted by Crippen LogP contribution is 2.25. The van der Waals surface area contributed by atoms with Crippen LogP contribution in [0.5, 0.6) is 0 Å². The maximum Gasteiger partial charge on any atom is 0.257 e. The number of aromatic amines is 1. The van der Waals surface area contributed by atoms with Crippen LogP contribution in [-0.4, -0.2) is 32.8 Å². The van der Waals surface area contributed by atoms with Gasteiger partial charge in [0.1, 0.15) is 11.5 Å². The fraction of sp³-hybridized carbons (Fsp3) is 0.308. The summed E-state index contributed by atoms with van der Waals surface area (Å²) < 4.78 is 14.7. The van der Waals surface area contributed by atoms with E-state index in [9.17, 15) is 9.18 Å². The second kappa shape index (κ2) is 4.97. The predicted octanol–water partition coefficient (Wildman–Crippen LogP) is 2.21. The standard InChI is InChI=1S/C13H12BrFN4O/c1-7-8(14)2-3-9(15)12(7)13(20)19-5-4-10-11(6-19)17-18-16-10/h2-3H,4-6H2,1H3,(H,16,17,18). The number of nitrogens with one attached hydrogen (secondary N) is 1. The lowest BCUT2D eigenvalue weighted by atomic mass is 10.0. The molecule has 5 nitrogen and oxygen atoms in total. The summed E-state index contributed by atoms with van der Waals surface area (Å²) in [5.74, 6) is -0.809. The van der Waals surface area contributed by atoms with Crippen molar-refractivity contribution in [3.63, 3.8) is 0 Å². The SMILES string of the molecule is Cc1c(Br)ccc(F)c1C(=O)N1CCc2n[nH]nc2C1. The zero-order valence-electron chi connectivity index (χ0n) is 10.8. The van der Waals surface area contributed by atoms with Gasteiger partial charge in [0.25, 0.3) is 5.91 Å². The Kier molecular flexibility index (Phi) is 3.29. The number of carbonyl (C=O) groups excluding carboxylic acids is 1. The van der Waals surface area contributed by atoms with Crippen LogP contribution in [0.2, 0.25) is 0 Å². The highest BCUT2D eigenvalue weighted by molar-refractivity contribution is 9.10. The third-order valence-electron chi connectivity index (χ3n) is 3.51. The van der Waals surface area contributed by atoms with Crippen molar-refractivity contribution in [1.29, 1.82) is 0 Å². The number of rotatable bonds is 1. The lowest BCUT2D eigenvalue weighted by Crippen LogP contribution is -2.36. The normalized spacial score (nSPS) is 14.2. The molecule has 1 aliphatic heterocycles. The van der Waals surface area contributed by atoms with Crippen LogP contribution in [-0.2, 0) is 13.0 Å². The smallest absolute Gasteiger partial charge is 0.257 e. The molecule has 3 rings (SSSR count). The Morgan fingerprint density at radius 1 is 1.40 bits per heavy atom. The Morgan fingerprint density at radius 2 is 2.15 bits per heavy atom. The molecule has 0 aliphatic carbocycles. The molecule has 1 N–H and O–H groups in total. The van der Waals surface area contributed by atoms with Crippen LogP contribution in [0.1, 0.15) is 27.3 Å². The molecule has 0 radical (unpaired) electrons. The van der Waals surface area contributed by atoms with Crippen molar-refractivity contribution in [3.8, 4) is 0 Å². The summed E-state index contributed by atoms with van der Waals surface area (Å²) in [6.45, 7) is 2.60. The molecular weight excluding hydrogens is 327 g/mol. The van der Waals surface area contributed by atoms with E-state index in [1.54, 1.807) is 17.9 Å². The van der Waals surface area contributed by atoms with Crippen molar-refractivity contribution in [2.24, 2.45) is 0 Å². The topological polar surface area (TPSA) is 61.9 Å². The molecule has 20 heavy (non-hydrogen) atoms. The Balaban J connectivity index is 1.93. The highest BCUT2D eigenvalue weighted by Gasteiger charge is 2.27. The van der Waals surface area contributed by atoms with Gasteiger partial charge < -0.3 is 4.90 Å². The molecule has 104 valence electrons. The number of aromatic nitrogens is 3. The van der Waals surface area contributed by atoms with Crippen LogP contribution in [0.25, 0.3) is 0 Å². The number of amides is 1. The molecule has 0 unspecified atom stereocenters. The quantitative estimate of drug-likeness (QED) is 0.867. The van der Waals surface area contributed by atoms with Gasteiger partial charge in [-0.1, -0.05) is 15.9 Å². The first kappa shape index (κ1) is 13.2. The number of fused-ring (bicyclic) bond motifs is 1. The van der Waals surface area contributed by atoms with Crippen molar-refractivity contribution in [2.45, 2.75) is 19.9 Å². The molecule has 1 amide bonds. The third-order valence-corrected chi connectivity index (χ3v) is 4.37. The number of halogens is 2. The Morgan fingerprint density at radius 3 is 2.95 bits per heavy atom. The maximum atomic E-state index is 14.0. The van der Waals surface area contributed by atoms with Gasteiger partial charge in [0.05, 0.1) is 17.8 Å². The summed E-state index contributed by atoms with van der Waals surface area (Å²) in [4.78, 5) is 14.1. The van der Waals surface area contributed by atoms with Crippen molar-refractivity contribution in [3.05, 3.63) is 44.9 Å². The van der Waals surface area contributed by atoms with E-state index < -0.39 is 5.82 Å². The van der Waals surface area contributed by atoms with Crippen LogP contribution in [0.3, 0.4) is 0 Å². The maximum absolute atomic E-state index is 14.0. The van der Waals surface area contributed by atoms with Gasteiger partial charge in [-0.05, 0) is 24.6 Å². The third kappa shape index (κ3) is 2.11. The summed E-state index contributed by atoms with van der Waals surface area (Å²) in [5, 5.41) is 10.6. The molecule has 0 saturated carbocycles. The Labute approximate surface area is 123 Å². The monoisotopic (exact) mass is 338 g/mol. The van der Waals surface area contributed by atoms with Crippen LogP contribution < -0.4 is 0 Å². The van der Waals surface area contributed by atoms with Gasteiger partial charge >= 0.3 is 0 Å². The summed E-state index contributed by atoms with van der Waals surface area (Å²) in [6, 6.07) is 2.91. The van der Waals surface area contributed by atoms with Gasteiger partial charge in [0, 0.05) is 17.4 Å². The highest BCUT2D eigenvalue weighted by atomic mass is 79.9. The average Bonchev–Trinajstić information content (AvgIpc) is 2.90. The Hall–Kier alpha value is -1.76. The molecule has 2 aromatic rings. The molecule has 2 heterocycles. The number of hydrogen-bond acceptors (Lipinski definition) is 3. The first-order valence-electron chi connectivity index (χ1n) is 6.20. The molecule has 0 fully saturated rings. The molecule has 1 aromatic carbocycles. The van der Waals surface area contributed by atoms with Crippen LogP contribution in [0.4, 0.5) is 4.39 Å². The number of hydrogen-bond donors (Lipinski definition) is 1. The van der Waals surface area contributed by atoms with E-state index in [1.165, 1.54) is 6.07 Å². The summed E-state index contributed by atoms with van der Waals surface area (Å²) in [5.41, 5.74) is 2.35. The average molecular weight is 339 g/mol. The number of benzene rings is 1. The van der Waals surface area contributed by atoms with E-state index in [0.29, 0.717) is 25.1 Å². The summed E-state index contributed by atoms with van der Waals surface area (Å²) >= 11 is 3.33. The van der Waals surface area contributed by atoms with E-state index in [2.05, 4.69) is 31.3 Å². The molecule has 0 spiro atoms. The molecule has 0 bridgehead atoms. The van der Waals surface area contributed by atoms with Gasteiger partial charge in [0.15, 0.2) is 0 Å². The predicted molar refractivity (Wildman–Crippen MR) is 73.7 cm³/mol. The number of nitrogens with zero attached hydrogens (tertiary/aromatic N) is 3. The van der Waals surface area contributed by atoms with Crippen LogP contribution >= 0.6 is 15.9 Å². The van der Waals surface area contributed by atoms with Crippen LogP contribution in [0, 0.1) is 12.7 Å². The fourth-order valence-corrected chi connectivity index (χ4v) is 2.68. The molecule has 0 saturated heterocycles. The molecule has 0 atom stereocenters. The molecule has 1 aliphatic rings. The molecule has 1 aromatic heterocycles. The minimum Gasteiger partial charge on any atom is -0.332 e. The summed E-state index contributed by atoms with van der Waals surface area (Å²) in [6.07, 6.45) is 0.631. The number of H-pyrrole nitrogens is 1. The van der Waals surface area contributed by atoms with Gasteiger partial charge in [-0.25, -0.2) is 4.39 Å². The van der Waals surface area contributed by atoms with E-state index in [1.807, 2.05) is 0 Å². The lowest BCUT2D eigenvalue weighted by Gasteiger charge is -2.26. The van der Waals surface area contributed by atoms with E-state index in [4.69, 9.17) is 0 Å². The van der Waals surface area contributed by atoms with Crippen LogP contribution in [0.15, 0.2) is 16.6 Å². The van der Waals surface area contributed by atoms with Gasteiger partial charge in [-0.15, -0.1) is 0 Å². The van der Waals surface area contributed by atoms with Crippen molar-refractivity contribution >= 4 is 21.8 Å². The molecular formula is C13H12BrFN4O. The minimum absolute atomic E-state index is 0.117. The largest absolute Gasteiger partial charge is 0.332 e. The fourth-order valence-electron chi connectivity index (χ4n) is 2.35. The van der Waals surface area contributed by atoms with Crippen molar-refractivity contribution in [2.75, 3.05) is 6.54 Å². The van der Waals surface area contributed by atoms with Gasteiger partial charge in [-0.3, -0.25) is 4.79 Å². The Bertz CT molecular complexity index is 685. The van der Waals surface area contributed by atoms with Crippen molar-refractivity contribution in [1.82, 2.24) is 20.3 Å². The lowest BCUT2D eigenvalue weighted by molar-refractivity contribution is 0.0726. The van der Waals surface area contributed by atoms with E-state index in [0.717, 1.165) is 15.9 Å². The molecule has 7 heteroatoms. The summed E-state index contributed by atoms with van der Waals surface area (Å²) in [7, 11) is 0. The minimum atomic E-state index is -0.498. The zero-order chi connectivity index (χ0) is 14.3. The number of carbonyl (C=O) groups is 1. The first-order chi connectivity index (χ1) is 9.58. The first-order valence-corrected chi connectivity index (χ1v) is 6.99. The van der Waals surface area contributed by atoms with E-state index in [-0.39, 0.29) is 11.5 Å².